The van der Waals surface area contributed by atoms with Crippen molar-refractivity contribution in [2.24, 2.45) is 11.8 Å². The summed E-state index contributed by atoms with van der Waals surface area (Å²) in [6.45, 7) is 13.7. The minimum Gasteiger partial charge on any atom is -0.495 e. The Morgan fingerprint density at radius 1 is 1.05 bits per heavy atom. The van der Waals surface area contributed by atoms with E-state index in [1.165, 1.54) is 5.56 Å². The summed E-state index contributed by atoms with van der Waals surface area (Å²) in [4.78, 5) is 2.59. The lowest BCUT2D eigenvalue weighted by Crippen LogP contribution is -2.39. The highest BCUT2D eigenvalue weighted by Gasteiger charge is 2.17. The number of nitrogens with zero attached hydrogens (tertiary/aromatic N) is 1. The van der Waals surface area contributed by atoms with Crippen LogP contribution in [0.15, 0.2) is 18.2 Å². The van der Waals surface area contributed by atoms with Gasteiger partial charge in [0.05, 0.1) is 12.8 Å². The van der Waals surface area contributed by atoms with Gasteiger partial charge < -0.3 is 10.5 Å². The van der Waals surface area contributed by atoms with Crippen molar-refractivity contribution in [3.05, 3.63) is 23.8 Å². The maximum Gasteiger partial charge on any atom is 0.141 e. The Balaban J connectivity index is 2.75. The van der Waals surface area contributed by atoms with Crippen molar-refractivity contribution >= 4 is 5.69 Å². The third kappa shape index (κ3) is 5.96. The fraction of sp³-hybridized carbons (Fsp3) is 0.667. The molecule has 21 heavy (non-hydrogen) atoms. The van der Waals surface area contributed by atoms with Gasteiger partial charge >= 0.3 is 0 Å². The fourth-order valence-electron chi connectivity index (χ4n) is 2.75. The minimum atomic E-state index is 0.516. The van der Waals surface area contributed by atoms with E-state index in [0.717, 1.165) is 30.9 Å². The smallest absolute Gasteiger partial charge is 0.141 e. The lowest BCUT2D eigenvalue weighted by Gasteiger charge is -2.32. The molecule has 1 aromatic carbocycles. The van der Waals surface area contributed by atoms with Crippen molar-refractivity contribution in [3.8, 4) is 5.75 Å². The fourth-order valence-corrected chi connectivity index (χ4v) is 2.75. The first kappa shape index (κ1) is 17.8. The third-order valence-electron chi connectivity index (χ3n) is 3.65. The second-order valence-electron chi connectivity index (χ2n) is 6.87. The summed E-state index contributed by atoms with van der Waals surface area (Å²) in [6.07, 6.45) is 1.02. The maximum atomic E-state index is 6.01. The molecule has 0 saturated heterocycles. The SMILES string of the molecule is COc1ccc(CC(C)N(CC(C)C)CC(C)C)cc1N. The molecule has 2 N–H and O–H groups in total. The molecule has 0 fully saturated rings. The van der Waals surface area contributed by atoms with Crippen molar-refractivity contribution in [2.75, 3.05) is 25.9 Å². The second-order valence-corrected chi connectivity index (χ2v) is 6.87. The molecule has 0 saturated carbocycles. The molecule has 0 aromatic heterocycles. The van der Waals surface area contributed by atoms with Crippen LogP contribution in [0.25, 0.3) is 0 Å². The normalized spacial score (nSPS) is 13.2. The number of ether oxygens (including phenoxy) is 1. The van der Waals surface area contributed by atoms with Crippen molar-refractivity contribution < 1.29 is 4.74 Å². The summed E-state index contributed by atoms with van der Waals surface area (Å²) in [5, 5.41) is 0. The van der Waals surface area contributed by atoms with Crippen molar-refractivity contribution in [2.45, 2.75) is 47.1 Å². The van der Waals surface area contributed by atoms with Crippen LogP contribution in [0.3, 0.4) is 0 Å². The Morgan fingerprint density at radius 2 is 1.62 bits per heavy atom. The zero-order valence-electron chi connectivity index (χ0n) is 14.5. The number of nitrogens with two attached hydrogens (primary N) is 1. The molecule has 0 spiro atoms. The topological polar surface area (TPSA) is 38.5 Å². The number of methoxy groups -OCH3 is 1. The molecule has 1 aromatic rings. The molecule has 0 aliphatic carbocycles. The lowest BCUT2D eigenvalue weighted by atomic mass is 10.0. The summed E-state index contributed by atoms with van der Waals surface area (Å²) < 4.78 is 5.22. The monoisotopic (exact) mass is 292 g/mol. The van der Waals surface area contributed by atoms with Crippen LogP contribution in [0.2, 0.25) is 0 Å². The number of benzene rings is 1. The Labute approximate surface area is 130 Å². The average Bonchev–Trinajstić information content (AvgIpc) is 2.37. The standard InChI is InChI=1S/C18H32N2O/c1-13(2)11-20(12-14(3)4)15(5)9-16-7-8-18(21-6)17(19)10-16/h7-8,10,13-15H,9,11-12,19H2,1-6H3. The molecule has 0 bridgehead atoms. The molecule has 3 nitrogen and oxygen atoms in total. The van der Waals surface area contributed by atoms with Crippen LogP contribution in [0.5, 0.6) is 5.75 Å². The van der Waals surface area contributed by atoms with Crippen molar-refractivity contribution in [3.63, 3.8) is 0 Å². The second kappa shape index (κ2) is 8.28. The maximum absolute atomic E-state index is 6.01. The molecule has 0 radical (unpaired) electrons. The molecule has 0 aliphatic rings. The van der Waals surface area contributed by atoms with Gasteiger partial charge in [0.2, 0.25) is 0 Å². The molecule has 3 heteroatoms. The van der Waals surface area contributed by atoms with Gasteiger partial charge in [0, 0.05) is 19.1 Å². The van der Waals surface area contributed by atoms with E-state index in [0.29, 0.717) is 17.9 Å². The summed E-state index contributed by atoms with van der Waals surface area (Å²) in [6, 6.07) is 6.64. The molecule has 1 atom stereocenters. The molecule has 1 unspecified atom stereocenters. The van der Waals surface area contributed by atoms with Crippen LogP contribution >= 0.6 is 0 Å². The summed E-state index contributed by atoms with van der Waals surface area (Å²) >= 11 is 0. The Kier molecular flexibility index (Phi) is 7.03. The van der Waals surface area contributed by atoms with E-state index >= 15 is 0 Å². The van der Waals surface area contributed by atoms with Crippen LogP contribution in [-0.4, -0.2) is 31.1 Å². The van der Waals surface area contributed by atoms with Crippen molar-refractivity contribution in [1.29, 1.82) is 0 Å². The van der Waals surface area contributed by atoms with E-state index in [4.69, 9.17) is 10.5 Å². The molecule has 120 valence electrons. The van der Waals surface area contributed by atoms with Gasteiger partial charge in [0.15, 0.2) is 0 Å². The van der Waals surface area contributed by atoms with Crippen molar-refractivity contribution in [1.82, 2.24) is 4.90 Å². The van der Waals surface area contributed by atoms with Gasteiger partial charge in [0.1, 0.15) is 5.75 Å². The number of hydrogen-bond acceptors (Lipinski definition) is 3. The van der Waals surface area contributed by atoms with E-state index in [1.807, 2.05) is 12.1 Å². The van der Waals surface area contributed by atoms with Gasteiger partial charge in [-0.3, -0.25) is 4.90 Å². The average molecular weight is 292 g/mol. The van der Waals surface area contributed by atoms with Gasteiger partial charge in [-0.2, -0.15) is 0 Å². The Hall–Kier alpha value is -1.22. The van der Waals surface area contributed by atoms with Gasteiger partial charge in [-0.1, -0.05) is 33.8 Å². The number of anilines is 1. The van der Waals surface area contributed by atoms with Crippen LogP contribution in [0.1, 0.15) is 40.2 Å². The summed E-state index contributed by atoms with van der Waals surface area (Å²) in [5.41, 5.74) is 8.01. The molecule has 0 heterocycles. The van der Waals surface area contributed by atoms with Crippen LogP contribution < -0.4 is 10.5 Å². The van der Waals surface area contributed by atoms with Gasteiger partial charge in [0.25, 0.3) is 0 Å². The van der Waals surface area contributed by atoms with E-state index in [-0.39, 0.29) is 0 Å². The molecular weight excluding hydrogens is 260 g/mol. The quantitative estimate of drug-likeness (QED) is 0.740. The van der Waals surface area contributed by atoms with E-state index in [2.05, 4.69) is 45.6 Å². The first-order valence-electron chi connectivity index (χ1n) is 7.99. The van der Waals surface area contributed by atoms with Gasteiger partial charge in [-0.15, -0.1) is 0 Å². The Morgan fingerprint density at radius 3 is 2.05 bits per heavy atom. The first-order chi connectivity index (χ1) is 9.83. The van der Waals surface area contributed by atoms with E-state index in [9.17, 15) is 0 Å². The number of hydrogen-bond donors (Lipinski definition) is 1. The molecule has 0 amide bonds. The number of nitrogen functional groups attached to an aromatic ring is 1. The largest absolute Gasteiger partial charge is 0.495 e. The zero-order chi connectivity index (χ0) is 16.0. The highest BCUT2D eigenvalue weighted by Crippen LogP contribution is 2.23. The predicted molar refractivity (Wildman–Crippen MR) is 91.8 cm³/mol. The predicted octanol–water partition coefficient (Wildman–Crippen LogP) is 3.82. The molecule has 1 rings (SSSR count). The van der Waals surface area contributed by atoms with E-state index < -0.39 is 0 Å². The van der Waals surface area contributed by atoms with E-state index in [1.54, 1.807) is 7.11 Å². The third-order valence-corrected chi connectivity index (χ3v) is 3.65. The Bertz CT molecular complexity index is 419. The number of rotatable bonds is 8. The molecule has 0 aliphatic heterocycles. The minimum absolute atomic E-state index is 0.516. The first-order valence-corrected chi connectivity index (χ1v) is 7.99. The highest BCUT2D eigenvalue weighted by molar-refractivity contribution is 5.54. The molecular formula is C18H32N2O. The van der Waals surface area contributed by atoms with Crippen LogP contribution in [0.4, 0.5) is 5.69 Å². The van der Waals surface area contributed by atoms with Gasteiger partial charge in [-0.25, -0.2) is 0 Å². The van der Waals surface area contributed by atoms with Crippen LogP contribution in [0, 0.1) is 11.8 Å². The summed E-state index contributed by atoms with van der Waals surface area (Å²) in [7, 11) is 1.65. The lowest BCUT2D eigenvalue weighted by molar-refractivity contribution is 0.165. The zero-order valence-corrected chi connectivity index (χ0v) is 14.5. The summed E-state index contributed by atoms with van der Waals surface area (Å²) in [5.74, 6) is 2.13. The van der Waals surface area contributed by atoms with Gasteiger partial charge in [-0.05, 0) is 42.9 Å². The van der Waals surface area contributed by atoms with Crippen LogP contribution in [-0.2, 0) is 6.42 Å². The highest BCUT2D eigenvalue weighted by atomic mass is 16.5.